The van der Waals surface area contributed by atoms with E-state index in [2.05, 4.69) is 11.3 Å². The molecule has 13 heavy (non-hydrogen) atoms. The SMILES string of the molecule is C#N.CCCC(=O)CC(=O)OCC. The molecule has 0 aliphatic heterocycles. The average molecular weight is 185 g/mol. The van der Waals surface area contributed by atoms with Crippen LogP contribution in [0.1, 0.15) is 33.1 Å². The summed E-state index contributed by atoms with van der Waals surface area (Å²) in [5.74, 6) is -0.447. The standard InChI is InChI=1S/C8H14O3.CHN/c1-3-5-7(9)6-8(10)11-4-2;1-2/h3-6H2,1-2H3;1H. The highest BCUT2D eigenvalue weighted by Gasteiger charge is 2.07. The molecule has 0 atom stereocenters. The molecule has 4 nitrogen and oxygen atoms in total. The van der Waals surface area contributed by atoms with E-state index in [1.165, 1.54) is 0 Å². The van der Waals surface area contributed by atoms with Gasteiger partial charge in [-0.05, 0) is 13.3 Å². The van der Waals surface area contributed by atoms with Crippen LogP contribution in [0.4, 0.5) is 0 Å². The first-order chi connectivity index (χ1) is 6.20. The minimum Gasteiger partial charge on any atom is -0.466 e. The van der Waals surface area contributed by atoms with Gasteiger partial charge in [0, 0.05) is 13.0 Å². The first kappa shape index (κ1) is 14.2. The summed E-state index contributed by atoms with van der Waals surface area (Å²) in [5, 5.41) is 6.50. The number of esters is 1. The molecule has 0 bridgehead atoms. The quantitative estimate of drug-likeness (QED) is 0.480. The minimum absolute atomic E-state index is 0.0362. The topological polar surface area (TPSA) is 67.2 Å². The normalized spacial score (nSPS) is 8.00. The monoisotopic (exact) mass is 185 g/mol. The molecule has 0 aromatic carbocycles. The number of Topliss-reactive ketones (excluding diaryl/α,β-unsaturated/α-hetero) is 1. The molecular formula is C9H15NO3. The summed E-state index contributed by atoms with van der Waals surface area (Å²) in [6.07, 6.45) is 1.19. The molecule has 0 N–H and O–H groups in total. The number of ether oxygens (including phenoxy) is 1. The van der Waals surface area contributed by atoms with Crippen molar-refractivity contribution in [2.24, 2.45) is 0 Å². The minimum atomic E-state index is -0.411. The highest BCUT2D eigenvalue weighted by atomic mass is 16.5. The second kappa shape index (κ2) is 10.6. The lowest BCUT2D eigenvalue weighted by Crippen LogP contribution is -2.10. The summed E-state index contributed by atoms with van der Waals surface area (Å²) in [4.78, 5) is 21.5. The third-order valence-electron chi connectivity index (χ3n) is 1.18. The number of ketones is 1. The molecule has 0 spiro atoms. The van der Waals surface area contributed by atoms with Crippen LogP contribution in [0.2, 0.25) is 0 Å². The highest BCUT2D eigenvalue weighted by molar-refractivity contribution is 5.95. The molecule has 0 rings (SSSR count). The van der Waals surface area contributed by atoms with E-state index < -0.39 is 5.97 Å². The highest BCUT2D eigenvalue weighted by Crippen LogP contribution is 1.95. The fraction of sp³-hybridized carbons (Fsp3) is 0.667. The molecule has 74 valence electrons. The van der Waals surface area contributed by atoms with Gasteiger partial charge in [0.05, 0.1) is 6.61 Å². The van der Waals surface area contributed by atoms with Gasteiger partial charge in [-0.1, -0.05) is 6.92 Å². The van der Waals surface area contributed by atoms with Crippen molar-refractivity contribution in [1.82, 2.24) is 0 Å². The van der Waals surface area contributed by atoms with Crippen molar-refractivity contribution in [3.63, 3.8) is 0 Å². The van der Waals surface area contributed by atoms with Gasteiger partial charge in [-0.25, -0.2) is 5.26 Å². The Bertz CT molecular complexity index is 159. The average Bonchev–Trinajstić information content (AvgIpc) is 2.08. The summed E-state index contributed by atoms with van der Waals surface area (Å²) >= 11 is 0. The fourth-order valence-corrected chi connectivity index (χ4v) is 0.740. The largest absolute Gasteiger partial charge is 0.466 e. The van der Waals surface area contributed by atoms with Gasteiger partial charge in [0.1, 0.15) is 12.2 Å². The van der Waals surface area contributed by atoms with Crippen molar-refractivity contribution in [3.8, 4) is 6.57 Å². The van der Waals surface area contributed by atoms with E-state index in [4.69, 9.17) is 5.26 Å². The number of nitriles is 1. The maximum Gasteiger partial charge on any atom is 0.313 e. The van der Waals surface area contributed by atoms with Crippen molar-refractivity contribution >= 4 is 11.8 Å². The van der Waals surface area contributed by atoms with Crippen LogP contribution in [0.15, 0.2) is 0 Å². The Balaban J connectivity index is 0. The Morgan fingerprint density at radius 3 is 2.23 bits per heavy atom. The molecule has 4 heteroatoms. The van der Waals surface area contributed by atoms with Crippen LogP contribution < -0.4 is 0 Å². The van der Waals surface area contributed by atoms with Gasteiger partial charge in [-0.3, -0.25) is 9.59 Å². The molecule has 0 radical (unpaired) electrons. The maximum absolute atomic E-state index is 10.8. The van der Waals surface area contributed by atoms with Crippen molar-refractivity contribution in [2.45, 2.75) is 33.1 Å². The predicted octanol–water partition coefficient (Wildman–Crippen LogP) is 1.45. The molecule has 0 aliphatic carbocycles. The maximum atomic E-state index is 10.8. The van der Waals surface area contributed by atoms with Crippen molar-refractivity contribution in [1.29, 1.82) is 5.26 Å². The Hall–Kier alpha value is -1.37. The summed E-state index contributed by atoms with van der Waals surface area (Å²) in [5.41, 5.74) is 0. The van der Waals surface area contributed by atoms with E-state index in [-0.39, 0.29) is 12.2 Å². The second-order valence-corrected chi connectivity index (χ2v) is 2.27. The molecule has 0 heterocycles. The Morgan fingerprint density at radius 1 is 1.31 bits per heavy atom. The van der Waals surface area contributed by atoms with E-state index in [1.807, 2.05) is 6.92 Å². The molecule has 0 aliphatic rings. The van der Waals surface area contributed by atoms with Gasteiger partial charge >= 0.3 is 5.97 Å². The van der Waals surface area contributed by atoms with Gasteiger partial charge in [0.2, 0.25) is 0 Å². The Kier molecular flexibility index (Phi) is 11.6. The van der Waals surface area contributed by atoms with Crippen LogP contribution in [0.25, 0.3) is 0 Å². The van der Waals surface area contributed by atoms with Gasteiger partial charge < -0.3 is 4.74 Å². The van der Waals surface area contributed by atoms with Crippen LogP contribution in [0, 0.1) is 11.8 Å². The van der Waals surface area contributed by atoms with E-state index in [0.717, 1.165) is 6.42 Å². The van der Waals surface area contributed by atoms with Gasteiger partial charge in [0.15, 0.2) is 0 Å². The first-order valence-electron chi connectivity index (χ1n) is 4.13. The number of carbonyl (C=O) groups excluding carboxylic acids is 2. The number of hydrogen-bond acceptors (Lipinski definition) is 4. The molecule has 0 saturated heterocycles. The Morgan fingerprint density at radius 2 is 1.85 bits per heavy atom. The summed E-state index contributed by atoms with van der Waals surface area (Å²) in [7, 11) is 0. The molecule has 0 fully saturated rings. The van der Waals surface area contributed by atoms with Gasteiger partial charge in [0.25, 0.3) is 0 Å². The lowest BCUT2D eigenvalue weighted by Gasteiger charge is -1.98. The summed E-state index contributed by atoms with van der Waals surface area (Å²) < 4.78 is 4.60. The lowest BCUT2D eigenvalue weighted by molar-refractivity contribution is -0.145. The fourth-order valence-electron chi connectivity index (χ4n) is 0.740. The van der Waals surface area contributed by atoms with E-state index in [1.54, 1.807) is 6.92 Å². The van der Waals surface area contributed by atoms with Gasteiger partial charge in [-0.15, -0.1) is 0 Å². The molecule has 0 aromatic rings. The second-order valence-electron chi connectivity index (χ2n) is 2.27. The zero-order valence-corrected chi connectivity index (χ0v) is 8.08. The van der Waals surface area contributed by atoms with E-state index in [0.29, 0.717) is 13.0 Å². The number of carbonyl (C=O) groups is 2. The van der Waals surface area contributed by atoms with Crippen molar-refractivity contribution < 1.29 is 14.3 Å². The molecule has 0 aromatic heterocycles. The Labute approximate surface area is 78.5 Å². The van der Waals surface area contributed by atoms with Crippen LogP contribution in [-0.2, 0) is 14.3 Å². The molecular weight excluding hydrogens is 170 g/mol. The third-order valence-corrected chi connectivity index (χ3v) is 1.18. The number of hydrogen-bond donors (Lipinski definition) is 0. The van der Waals surface area contributed by atoms with Crippen LogP contribution in [-0.4, -0.2) is 18.4 Å². The summed E-state index contributed by atoms with van der Waals surface area (Å²) in [6, 6.07) is 0. The van der Waals surface area contributed by atoms with E-state index in [9.17, 15) is 9.59 Å². The molecule has 0 unspecified atom stereocenters. The lowest BCUT2D eigenvalue weighted by atomic mass is 10.2. The van der Waals surface area contributed by atoms with Crippen LogP contribution in [0.5, 0.6) is 0 Å². The number of rotatable bonds is 5. The predicted molar refractivity (Wildman–Crippen MR) is 47.8 cm³/mol. The third kappa shape index (κ3) is 10.6. The molecule has 0 amide bonds. The van der Waals surface area contributed by atoms with Crippen molar-refractivity contribution in [3.05, 3.63) is 0 Å². The number of nitrogens with zero attached hydrogens (tertiary/aromatic N) is 1. The zero-order chi connectivity index (χ0) is 10.7. The zero-order valence-electron chi connectivity index (χ0n) is 8.08. The van der Waals surface area contributed by atoms with Crippen LogP contribution in [0.3, 0.4) is 0 Å². The van der Waals surface area contributed by atoms with Crippen LogP contribution >= 0.6 is 0 Å². The van der Waals surface area contributed by atoms with Crippen molar-refractivity contribution in [2.75, 3.05) is 6.61 Å². The van der Waals surface area contributed by atoms with E-state index >= 15 is 0 Å². The van der Waals surface area contributed by atoms with Gasteiger partial charge in [-0.2, -0.15) is 0 Å². The summed E-state index contributed by atoms with van der Waals surface area (Å²) in [6.45, 7) is 7.48. The first-order valence-corrected chi connectivity index (χ1v) is 4.13. The smallest absolute Gasteiger partial charge is 0.313 e. The molecule has 0 saturated carbocycles.